The Bertz CT molecular complexity index is 1460. The van der Waals surface area contributed by atoms with E-state index < -0.39 is 17.7 Å². The molecule has 0 bridgehead atoms. The van der Waals surface area contributed by atoms with Gasteiger partial charge in [-0.05, 0) is 92.4 Å². The zero-order valence-electron chi connectivity index (χ0n) is 22.8. The fraction of sp³-hybridized carbons (Fsp3) is 0.281. The Hall–Kier alpha value is -4.57. The first kappa shape index (κ1) is 27.5. The molecule has 1 N–H and O–H groups in total. The van der Waals surface area contributed by atoms with E-state index >= 15 is 0 Å². The van der Waals surface area contributed by atoms with E-state index in [0.717, 1.165) is 5.56 Å². The fourth-order valence-electron chi connectivity index (χ4n) is 4.73. The van der Waals surface area contributed by atoms with Gasteiger partial charge in [0.05, 0.1) is 36.0 Å². The van der Waals surface area contributed by atoms with Gasteiger partial charge in [0.1, 0.15) is 17.3 Å². The first-order valence-corrected chi connectivity index (χ1v) is 13.0. The second kappa shape index (κ2) is 11.4. The number of nitrogens with zero attached hydrogens (tertiary/aromatic N) is 2. The molecule has 1 amide bonds. The van der Waals surface area contributed by atoms with Gasteiger partial charge in [-0.25, -0.2) is 0 Å². The molecule has 200 valence electrons. The van der Waals surface area contributed by atoms with Gasteiger partial charge in [0.25, 0.3) is 11.7 Å². The minimum Gasteiger partial charge on any atom is -0.507 e. The lowest BCUT2D eigenvalue weighted by Crippen LogP contribution is -2.29. The number of anilines is 1. The molecule has 0 aliphatic carbocycles. The van der Waals surface area contributed by atoms with Gasteiger partial charge >= 0.3 is 0 Å². The molecule has 1 aliphatic heterocycles. The number of nitriles is 1. The van der Waals surface area contributed by atoms with E-state index in [4.69, 9.17) is 9.47 Å². The minimum atomic E-state index is -0.914. The van der Waals surface area contributed by atoms with Crippen molar-refractivity contribution >= 4 is 23.1 Å². The van der Waals surface area contributed by atoms with Crippen molar-refractivity contribution in [2.75, 3.05) is 11.5 Å². The second-order valence-corrected chi connectivity index (χ2v) is 9.91. The van der Waals surface area contributed by atoms with Crippen molar-refractivity contribution in [2.24, 2.45) is 0 Å². The molecule has 0 radical (unpaired) electrons. The number of aliphatic hydroxyl groups excluding tert-OH is 1. The van der Waals surface area contributed by atoms with Gasteiger partial charge in [0.2, 0.25) is 0 Å². The normalized spacial score (nSPS) is 16.6. The molecule has 1 unspecified atom stereocenters. The summed E-state index contributed by atoms with van der Waals surface area (Å²) in [6, 6.07) is 20.0. The zero-order valence-corrected chi connectivity index (χ0v) is 22.8. The maximum absolute atomic E-state index is 13.5. The second-order valence-electron chi connectivity index (χ2n) is 9.91. The summed E-state index contributed by atoms with van der Waals surface area (Å²) in [5.74, 6) is -0.447. The molecular weight excluding hydrogens is 492 g/mol. The summed E-state index contributed by atoms with van der Waals surface area (Å²) < 4.78 is 11.6. The largest absolute Gasteiger partial charge is 0.507 e. The number of ketones is 1. The monoisotopic (exact) mass is 524 g/mol. The maximum Gasteiger partial charge on any atom is 0.300 e. The molecule has 1 atom stereocenters. The molecule has 39 heavy (non-hydrogen) atoms. The SMILES string of the molecule is CCOc1ccc(/C(O)=C2\C(=O)C(=O)N(c3ccc(C#N)cc3)C2c2cccc(OC(C)C)c2)cc1C(C)C. The molecular formula is C32H32N2O5. The highest BCUT2D eigenvalue weighted by atomic mass is 16.5. The summed E-state index contributed by atoms with van der Waals surface area (Å²) >= 11 is 0. The molecule has 0 aromatic heterocycles. The van der Waals surface area contributed by atoms with Gasteiger partial charge in [-0.3, -0.25) is 14.5 Å². The van der Waals surface area contributed by atoms with Crippen molar-refractivity contribution in [3.63, 3.8) is 0 Å². The van der Waals surface area contributed by atoms with Gasteiger partial charge in [-0.15, -0.1) is 0 Å². The van der Waals surface area contributed by atoms with E-state index in [-0.39, 0.29) is 23.4 Å². The third kappa shape index (κ3) is 5.51. The molecule has 3 aromatic rings. The number of rotatable bonds is 8. The number of Topliss-reactive ketones (excluding diaryl/α,β-unsaturated/α-hetero) is 1. The molecule has 1 aliphatic rings. The Morgan fingerprint density at radius 2 is 1.74 bits per heavy atom. The highest BCUT2D eigenvalue weighted by molar-refractivity contribution is 6.51. The summed E-state index contributed by atoms with van der Waals surface area (Å²) in [6.45, 7) is 10.3. The van der Waals surface area contributed by atoms with Crippen molar-refractivity contribution in [1.29, 1.82) is 5.26 Å². The predicted octanol–water partition coefficient (Wildman–Crippen LogP) is 6.49. The van der Waals surface area contributed by atoms with Gasteiger partial charge in [0.15, 0.2) is 0 Å². The summed E-state index contributed by atoms with van der Waals surface area (Å²) in [4.78, 5) is 28.4. The smallest absolute Gasteiger partial charge is 0.300 e. The van der Waals surface area contributed by atoms with Crippen molar-refractivity contribution in [2.45, 2.75) is 52.7 Å². The summed E-state index contributed by atoms with van der Waals surface area (Å²) in [5.41, 5.74) is 2.74. The van der Waals surface area contributed by atoms with Crippen molar-refractivity contribution in [3.05, 3.63) is 94.6 Å². The number of amides is 1. The third-order valence-electron chi connectivity index (χ3n) is 6.47. The quantitative estimate of drug-likeness (QED) is 0.205. The number of hydrogen-bond donors (Lipinski definition) is 1. The van der Waals surface area contributed by atoms with Crippen LogP contribution in [0, 0.1) is 11.3 Å². The zero-order chi connectivity index (χ0) is 28.3. The van der Waals surface area contributed by atoms with Crippen molar-refractivity contribution in [1.82, 2.24) is 0 Å². The number of benzene rings is 3. The van der Waals surface area contributed by atoms with Crippen LogP contribution in [0.4, 0.5) is 5.69 Å². The Morgan fingerprint density at radius 1 is 1.03 bits per heavy atom. The van der Waals surface area contributed by atoms with Crippen LogP contribution in [-0.4, -0.2) is 29.5 Å². The molecule has 0 spiro atoms. The lowest BCUT2D eigenvalue weighted by atomic mass is 9.93. The highest BCUT2D eigenvalue weighted by Crippen LogP contribution is 2.43. The van der Waals surface area contributed by atoms with E-state index in [2.05, 4.69) is 6.07 Å². The van der Waals surface area contributed by atoms with Crippen LogP contribution < -0.4 is 14.4 Å². The van der Waals surface area contributed by atoms with Crippen LogP contribution in [-0.2, 0) is 9.59 Å². The lowest BCUT2D eigenvalue weighted by Gasteiger charge is -2.26. The number of hydrogen-bond acceptors (Lipinski definition) is 6. The van der Waals surface area contributed by atoms with Crippen LogP contribution in [0.25, 0.3) is 5.76 Å². The van der Waals surface area contributed by atoms with Crippen LogP contribution in [0.5, 0.6) is 11.5 Å². The molecule has 1 heterocycles. The average Bonchev–Trinajstić information content (AvgIpc) is 3.18. The number of aliphatic hydroxyl groups is 1. The van der Waals surface area contributed by atoms with Crippen LogP contribution in [0.15, 0.2) is 72.3 Å². The molecule has 1 saturated heterocycles. The third-order valence-corrected chi connectivity index (χ3v) is 6.47. The molecule has 1 fully saturated rings. The van der Waals surface area contributed by atoms with Crippen LogP contribution >= 0.6 is 0 Å². The topological polar surface area (TPSA) is 99.9 Å². The summed E-state index contributed by atoms with van der Waals surface area (Å²) in [7, 11) is 0. The van der Waals surface area contributed by atoms with Crippen LogP contribution in [0.1, 0.15) is 68.8 Å². The van der Waals surface area contributed by atoms with Gasteiger partial charge in [-0.1, -0.05) is 26.0 Å². The summed E-state index contributed by atoms with van der Waals surface area (Å²) in [5, 5.41) is 20.8. The van der Waals surface area contributed by atoms with E-state index in [1.807, 2.05) is 34.6 Å². The van der Waals surface area contributed by atoms with Crippen LogP contribution in [0.2, 0.25) is 0 Å². The molecule has 0 saturated carbocycles. The molecule has 7 heteroatoms. The van der Waals surface area contributed by atoms with Crippen molar-refractivity contribution in [3.8, 4) is 17.6 Å². The standard InChI is InChI=1S/C32H32N2O5/c1-6-38-27-15-12-23(17-26(27)19(2)3)30(35)28-29(22-8-7-9-25(16-22)39-20(4)5)34(32(37)31(28)36)24-13-10-21(18-33)11-14-24/h7-17,19-20,29,35H,6H2,1-5H3/b30-28+. The Kier molecular flexibility index (Phi) is 8.06. The fourth-order valence-corrected chi connectivity index (χ4v) is 4.73. The van der Waals surface area contributed by atoms with Gasteiger partial charge < -0.3 is 14.6 Å². The molecule has 3 aromatic carbocycles. The Morgan fingerprint density at radius 3 is 2.36 bits per heavy atom. The average molecular weight is 525 g/mol. The minimum absolute atomic E-state index is 0.0232. The van der Waals surface area contributed by atoms with Gasteiger partial charge in [0, 0.05) is 11.3 Å². The Balaban J connectivity index is 1.93. The highest BCUT2D eigenvalue weighted by Gasteiger charge is 2.47. The number of carbonyl (C=O) groups excluding carboxylic acids is 2. The van der Waals surface area contributed by atoms with Crippen LogP contribution in [0.3, 0.4) is 0 Å². The van der Waals surface area contributed by atoms with E-state index in [1.54, 1.807) is 66.7 Å². The first-order chi connectivity index (χ1) is 18.7. The maximum atomic E-state index is 13.5. The number of ether oxygens (including phenoxy) is 2. The van der Waals surface area contributed by atoms with Gasteiger partial charge in [-0.2, -0.15) is 5.26 Å². The molecule has 7 nitrogen and oxygen atoms in total. The Labute approximate surface area is 228 Å². The molecule has 4 rings (SSSR count). The lowest BCUT2D eigenvalue weighted by molar-refractivity contribution is -0.132. The van der Waals surface area contributed by atoms with E-state index in [1.165, 1.54) is 4.90 Å². The van der Waals surface area contributed by atoms with E-state index in [0.29, 0.717) is 40.5 Å². The summed E-state index contributed by atoms with van der Waals surface area (Å²) in [6.07, 6.45) is -0.0801. The van der Waals surface area contributed by atoms with Crippen molar-refractivity contribution < 1.29 is 24.2 Å². The number of carbonyl (C=O) groups is 2. The predicted molar refractivity (Wildman–Crippen MR) is 150 cm³/mol. The van der Waals surface area contributed by atoms with E-state index in [9.17, 15) is 20.0 Å². The first-order valence-electron chi connectivity index (χ1n) is 13.0.